The fourth-order valence-corrected chi connectivity index (χ4v) is 3.94. The third-order valence-electron chi connectivity index (χ3n) is 3.30. The summed E-state index contributed by atoms with van der Waals surface area (Å²) in [5, 5.41) is 0. The third kappa shape index (κ3) is 2.57. The quantitative estimate of drug-likeness (QED) is 0.754. The summed E-state index contributed by atoms with van der Waals surface area (Å²) in [7, 11) is 2.17. The third-order valence-corrected chi connectivity index (χ3v) is 4.56. The SMILES string of the molecule is CN1Cc2sc(Cl)cc2C(c2ccccc2)C1.Cl. The lowest BCUT2D eigenvalue weighted by Crippen LogP contribution is -2.29. The van der Waals surface area contributed by atoms with Gasteiger partial charge >= 0.3 is 0 Å². The molecule has 3 rings (SSSR count). The highest BCUT2D eigenvalue weighted by molar-refractivity contribution is 7.16. The van der Waals surface area contributed by atoms with Crippen LogP contribution >= 0.6 is 35.3 Å². The fraction of sp³-hybridized carbons (Fsp3) is 0.286. The minimum absolute atomic E-state index is 0. The van der Waals surface area contributed by atoms with E-state index in [2.05, 4.69) is 48.3 Å². The van der Waals surface area contributed by atoms with Crippen molar-refractivity contribution in [2.75, 3.05) is 13.6 Å². The lowest BCUT2D eigenvalue weighted by Gasteiger charge is -2.30. The van der Waals surface area contributed by atoms with Crippen molar-refractivity contribution in [1.29, 1.82) is 0 Å². The number of benzene rings is 1. The van der Waals surface area contributed by atoms with Crippen LogP contribution in [0.2, 0.25) is 4.34 Å². The molecule has 1 nitrogen and oxygen atoms in total. The molecule has 2 heterocycles. The summed E-state index contributed by atoms with van der Waals surface area (Å²) in [5.41, 5.74) is 2.80. The molecule has 1 aromatic carbocycles. The zero-order valence-corrected chi connectivity index (χ0v) is 12.5. The molecule has 0 aliphatic carbocycles. The number of hydrogen-bond acceptors (Lipinski definition) is 2. The van der Waals surface area contributed by atoms with Gasteiger partial charge in [0, 0.05) is 23.9 Å². The number of nitrogens with zero attached hydrogens (tertiary/aromatic N) is 1. The van der Waals surface area contributed by atoms with Gasteiger partial charge in [-0.3, -0.25) is 0 Å². The van der Waals surface area contributed by atoms with Gasteiger partial charge in [0.15, 0.2) is 0 Å². The van der Waals surface area contributed by atoms with E-state index in [1.54, 1.807) is 11.3 Å². The van der Waals surface area contributed by atoms with Crippen molar-refractivity contribution in [3.8, 4) is 0 Å². The molecule has 1 aliphatic heterocycles. The molecule has 1 unspecified atom stereocenters. The fourth-order valence-electron chi connectivity index (χ4n) is 2.52. The van der Waals surface area contributed by atoms with Crippen LogP contribution in [0.1, 0.15) is 21.9 Å². The normalized spacial score (nSPS) is 19.1. The minimum atomic E-state index is 0. The molecule has 1 aromatic heterocycles. The maximum atomic E-state index is 6.15. The summed E-state index contributed by atoms with van der Waals surface area (Å²) in [6.07, 6.45) is 0. The molecule has 0 bridgehead atoms. The van der Waals surface area contributed by atoms with Gasteiger partial charge in [-0.1, -0.05) is 41.9 Å². The molecule has 1 aliphatic rings. The van der Waals surface area contributed by atoms with Crippen molar-refractivity contribution in [3.63, 3.8) is 0 Å². The van der Waals surface area contributed by atoms with E-state index in [-0.39, 0.29) is 12.4 Å². The summed E-state index contributed by atoms with van der Waals surface area (Å²) in [4.78, 5) is 3.78. The van der Waals surface area contributed by atoms with Crippen molar-refractivity contribution in [2.24, 2.45) is 0 Å². The standard InChI is InChI=1S/C14H14ClNS.ClH/c1-16-8-12(10-5-3-2-4-6-10)11-7-14(15)17-13(11)9-16;/h2-7,12H,8-9H2,1H3;1H. The Hall–Kier alpha value is -0.540. The van der Waals surface area contributed by atoms with Gasteiger partial charge < -0.3 is 4.90 Å². The Morgan fingerprint density at radius 3 is 2.72 bits per heavy atom. The molecule has 0 saturated carbocycles. The van der Waals surface area contributed by atoms with Crippen molar-refractivity contribution in [2.45, 2.75) is 12.5 Å². The predicted molar refractivity (Wildman–Crippen MR) is 81.2 cm³/mol. The Bertz CT molecular complexity index is 524. The monoisotopic (exact) mass is 299 g/mol. The Morgan fingerprint density at radius 1 is 1.28 bits per heavy atom. The highest BCUT2D eigenvalue weighted by Crippen LogP contribution is 2.39. The van der Waals surface area contributed by atoms with E-state index in [1.807, 2.05) is 0 Å². The molecule has 1 atom stereocenters. The summed E-state index contributed by atoms with van der Waals surface area (Å²) >= 11 is 7.87. The summed E-state index contributed by atoms with van der Waals surface area (Å²) in [6.45, 7) is 2.10. The van der Waals surface area contributed by atoms with Crippen LogP contribution < -0.4 is 0 Å². The van der Waals surface area contributed by atoms with Gasteiger partial charge in [0.1, 0.15) is 0 Å². The van der Waals surface area contributed by atoms with Gasteiger partial charge in [0.2, 0.25) is 0 Å². The predicted octanol–water partition coefficient (Wildman–Crippen LogP) is 4.40. The van der Waals surface area contributed by atoms with E-state index in [0.717, 1.165) is 17.4 Å². The maximum Gasteiger partial charge on any atom is 0.0934 e. The van der Waals surface area contributed by atoms with E-state index in [1.165, 1.54) is 16.0 Å². The topological polar surface area (TPSA) is 3.24 Å². The molecular formula is C14H15Cl2NS. The zero-order chi connectivity index (χ0) is 11.8. The van der Waals surface area contributed by atoms with Crippen molar-refractivity contribution in [1.82, 2.24) is 4.90 Å². The molecule has 4 heteroatoms. The van der Waals surface area contributed by atoms with Gasteiger partial charge in [-0.05, 0) is 24.2 Å². The van der Waals surface area contributed by atoms with Crippen LogP contribution in [0.3, 0.4) is 0 Å². The summed E-state index contributed by atoms with van der Waals surface area (Å²) in [6, 6.07) is 12.8. The first-order chi connectivity index (χ1) is 8.24. The number of rotatable bonds is 1. The molecule has 0 saturated heterocycles. The first-order valence-electron chi connectivity index (χ1n) is 5.75. The van der Waals surface area contributed by atoms with Crippen LogP contribution in [-0.4, -0.2) is 18.5 Å². The second kappa shape index (κ2) is 5.62. The smallest absolute Gasteiger partial charge is 0.0934 e. The lowest BCUT2D eigenvalue weighted by molar-refractivity contribution is 0.299. The van der Waals surface area contributed by atoms with Gasteiger partial charge in [-0.15, -0.1) is 23.7 Å². The summed E-state index contributed by atoms with van der Waals surface area (Å²) in [5.74, 6) is 0.466. The Balaban J connectivity index is 0.00000120. The second-order valence-electron chi connectivity index (χ2n) is 4.59. The average molecular weight is 300 g/mol. The number of hydrogen-bond donors (Lipinski definition) is 0. The van der Waals surface area contributed by atoms with Crippen LogP contribution in [0.5, 0.6) is 0 Å². The summed E-state index contributed by atoms with van der Waals surface area (Å²) < 4.78 is 0.909. The second-order valence-corrected chi connectivity index (χ2v) is 6.36. The molecule has 2 aromatic rings. The van der Waals surface area contributed by atoms with Crippen LogP contribution in [0.4, 0.5) is 0 Å². The van der Waals surface area contributed by atoms with Crippen LogP contribution in [0.25, 0.3) is 0 Å². The first-order valence-corrected chi connectivity index (χ1v) is 6.95. The number of halogens is 2. The number of fused-ring (bicyclic) bond motifs is 1. The van der Waals surface area contributed by atoms with E-state index >= 15 is 0 Å². The van der Waals surface area contributed by atoms with E-state index in [9.17, 15) is 0 Å². The van der Waals surface area contributed by atoms with E-state index < -0.39 is 0 Å². The maximum absolute atomic E-state index is 6.15. The molecule has 0 fully saturated rings. The molecule has 0 amide bonds. The average Bonchev–Trinajstić information content (AvgIpc) is 2.69. The zero-order valence-electron chi connectivity index (χ0n) is 10.1. The first kappa shape index (κ1) is 13.9. The van der Waals surface area contributed by atoms with Gasteiger partial charge in [-0.2, -0.15) is 0 Å². The van der Waals surface area contributed by atoms with E-state index in [4.69, 9.17) is 11.6 Å². The van der Waals surface area contributed by atoms with Gasteiger partial charge in [0.25, 0.3) is 0 Å². The Labute approximate surface area is 123 Å². The molecule has 18 heavy (non-hydrogen) atoms. The Kier molecular flexibility index (Phi) is 4.33. The van der Waals surface area contributed by atoms with Crippen molar-refractivity contribution < 1.29 is 0 Å². The Morgan fingerprint density at radius 2 is 2.00 bits per heavy atom. The molecule has 0 N–H and O–H groups in total. The van der Waals surface area contributed by atoms with Crippen LogP contribution in [0, 0.1) is 0 Å². The van der Waals surface area contributed by atoms with Gasteiger partial charge in [-0.25, -0.2) is 0 Å². The minimum Gasteiger partial charge on any atom is -0.300 e. The number of thiophene rings is 1. The highest BCUT2D eigenvalue weighted by Gasteiger charge is 2.26. The molecule has 0 spiro atoms. The largest absolute Gasteiger partial charge is 0.300 e. The van der Waals surface area contributed by atoms with E-state index in [0.29, 0.717) is 5.92 Å². The molecule has 0 radical (unpaired) electrons. The van der Waals surface area contributed by atoms with Crippen LogP contribution in [-0.2, 0) is 6.54 Å². The highest BCUT2D eigenvalue weighted by atomic mass is 35.5. The van der Waals surface area contributed by atoms with Gasteiger partial charge in [0.05, 0.1) is 4.34 Å². The number of likely N-dealkylation sites (N-methyl/N-ethyl adjacent to an activating group) is 1. The van der Waals surface area contributed by atoms with Crippen molar-refractivity contribution >= 4 is 35.3 Å². The molecular weight excluding hydrogens is 285 g/mol. The lowest BCUT2D eigenvalue weighted by atomic mass is 9.89. The molecule has 96 valence electrons. The van der Waals surface area contributed by atoms with Crippen molar-refractivity contribution in [3.05, 3.63) is 56.7 Å². The van der Waals surface area contributed by atoms with Crippen LogP contribution in [0.15, 0.2) is 36.4 Å².